The van der Waals surface area contributed by atoms with Crippen LogP contribution in [0.4, 0.5) is 5.82 Å². The molecular formula is C16H21N5S. The second-order valence-electron chi connectivity index (χ2n) is 6.39. The summed E-state index contributed by atoms with van der Waals surface area (Å²) in [5, 5.41) is 6.94. The number of likely N-dealkylation sites (tertiary alicyclic amines) is 1. The van der Waals surface area contributed by atoms with Crippen molar-refractivity contribution < 1.29 is 0 Å². The first-order valence-electron chi connectivity index (χ1n) is 7.94. The average molecular weight is 315 g/mol. The van der Waals surface area contributed by atoms with E-state index in [1.807, 2.05) is 6.20 Å². The maximum Gasteiger partial charge on any atom is 0.144 e. The second kappa shape index (κ2) is 5.93. The average Bonchev–Trinajstić information content (AvgIpc) is 3.19. The van der Waals surface area contributed by atoms with Gasteiger partial charge >= 0.3 is 0 Å². The zero-order valence-electron chi connectivity index (χ0n) is 12.8. The van der Waals surface area contributed by atoms with Crippen molar-refractivity contribution in [2.75, 3.05) is 18.4 Å². The highest BCUT2D eigenvalue weighted by Gasteiger charge is 2.42. The first kappa shape index (κ1) is 14.1. The number of rotatable bonds is 4. The van der Waals surface area contributed by atoms with Gasteiger partial charge in [0.1, 0.15) is 5.82 Å². The van der Waals surface area contributed by atoms with E-state index in [1.54, 1.807) is 23.7 Å². The van der Waals surface area contributed by atoms with Gasteiger partial charge in [-0.15, -0.1) is 11.3 Å². The van der Waals surface area contributed by atoms with Crippen LogP contribution < -0.4 is 5.32 Å². The molecule has 0 unspecified atom stereocenters. The molecule has 2 aromatic rings. The van der Waals surface area contributed by atoms with Crippen LogP contribution in [0.5, 0.6) is 0 Å². The van der Waals surface area contributed by atoms with Crippen molar-refractivity contribution in [2.24, 2.45) is 11.8 Å². The molecule has 0 amide bonds. The molecule has 22 heavy (non-hydrogen) atoms. The Hall–Kier alpha value is -1.53. The van der Waals surface area contributed by atoms with Gasteiger partial charge < -0.3 is 5.32 Å². The van der Waals surface area contributed by atoms with Crippen LogP contribution in [0, 0.1) is 18.8 Å². The fourth-order valence-corrected chi connectivity index (χ4v) is 4.54. The summed E-state index contributed by atoms with van der Waals surface area (Å²) in [5.41, 5.74) is 1.22. The summed E-state index contributed by atoms with van der Waals surface area (Å²) in [4.78, 5) is 15.7. The molecule has 0 spiro atoms. The largest absolute Gasteiger partial charge is 0.366 e. The van der Waals surface area contributed by atoms with Gasteiger partial charge in [-0.3, -0.25) is 9.88 Å². The third-order valence-corrected chi connectivity index (χ3v) is 5.70. The highest BCUT2D eigenvalue weighted by atomic mass is 32.1. The van der Waals surface area contributed by atoms with Crippen molar-refractivity contribution in [3.8, 4) is 0 Å². The predicted octanol–water partition coefficient (Wildman–Crippen LogP) is 2.56. The van der Waals surface area contributed by atoms with Gasteiger partial charge in [0.05, 0.1) is 16.9 Å². The molecule has 5 nitrogen and oxygen atoms in total. The van der Waals surface area contributed by atoms with Crippen LogP contribution in [0.1, 0.15) is 23.5 Å². The molecule has 1 aliphatic heterocycles. The summed E-state index contributed by atoms with van der Waals surface area (Å²) in [5.74, 6) is 2.44. The third-order valence-electron chi connectivity index (χ3n) is 4.88. The minimum absolute atomic E-state index is 0.531. The SMILES string of the molecule is Cc1nc(CN2C[C@H]3CC[C@@H](Nc4cnccn4)[C@H]3C2)cs1. The number of anilines is 1. The molecule has 116 valence electrons. The Morgan fingerprint density at radius 3 is 3.05 bits per heavy atom. The van der Waals surface area contributed by atoms with Gasteiger partial charge in [0.2, 0.25) is 0 Å². The zero-order chi connectivity index (χ0) is 14.9. The van der Waals surface area contributed by atoms with E-state index in [1.165, 1.54) is 31.6 Å². The van der Waals surface area contributed by atoms with Crippen LogP contribution in [-0.4, -0.2) is 39.0 Å². The zero-order valence-corrected chi connectivity index (χ0v) is 13.6. The van der Waals surface area contributed by atoms with E-state index in [4.69, 9.17) is 0 Å². The van der Waals surface area contributed by atoms with Gasteiger partial charge in [0.25, 0.3) is 0 Å². The minimum Gasteiger partial charge on any atom is -0.366 e. The van der Waals surface area contributed by atoms with Crippen molar-refractivity contribution in [1.29, 1.82) is 0 Å². The first-order valence-corrected chi connectivity index (χ1v) is 8.82. The quantitative estimate of drug-likeness (QED) is 0.940. The number of hydrogen-bond acceptors (Lipinski definition) is 6. The maximum absolute atomic E-state index is 4.60. The monoisotopic (exact) mass is 315 g/mol. The molecule has 0 bridgehead atoms. The fourth-order valence-electron chi connectivity index (χ4n) is 3.94. The molecule has 1 saturated carbocycles. The number of nitrogens with zero attached hydrogens (tertiary/aromatic N) is 4. The Kier molecular flexibility index (Phi) is 3.80. The fraction of sp³-hybridized carbons (Fsp3) is 0.562. The Labute approximate surface area is 134 Å². The van der Waals surface area contributed by atoms with Crippen molar-refractivity contribution in [2.45, 2.75) is 32.4 Å². The molecule has 0 aromatic carbocycles. The van der Waals surface area contributed by atoms with E-state index in [0.717, 1.165) is 29.2 Å². The van der Waals surface area contributed by atoms with E-state index in [-0.39, 0.29) is 0 Å². The molecule has 3 atom stereocenters. The smallest absolute Gasteiger partial charge is 0.144 e. The van der Waals surface area contributed by atoms with E-state index < -0.39 is 0 Å². The van der Waals surface area contributed by atoms with E-state index >= 15 is 0 Å². The Morgan fingerprint density at radius 2 is 2.27 bits per heavy atom. The highest BCUT2D eigenvalue weighted by Crippen LogP contribution is 2.39. The topological polar surface area (TPSA) is 53.9 Å². The normalized spacial score (nSPS) is 28.0. The Morgan fingerprint density at radius 1 is 1.32 bits per heavy atom. The summed E-state index contributed by atoms with van der Waals surface area (Å²) in [6, 6.07) is 0.531. The summed E-state index contributed by atoms with van der Waals surface area (Å²) in [7, 11) is 0. The van der Waals surface area contributed by atoms with Crippen LogP contribution in [-0.2, 0) is 6.54 Å². The predicted molar refractivity (Wildman–Crippen MR) is 87.8 cm³/mol. The number of hydrogen-bond donors (Lipinski definition) is 1. The van der Waals surface area contributed by atoms with Gasteiger partial charge in [0, 0.05) is 43.4 Å². The summed E-state index contributed by atoms with van der Waals surface area (Å²) in [6.07, 6.45) is 7.85. The lowest BCUT2D eigenvalue weighted by Gasteiger charge is -2.21. The van der Waals surface area contributed by atoms with Crippen LogP contribution in [0.2, 0.25) is 0 Å². The van der Waals surface area contributed by atoms with Crippen molar-refractivity contribution in [3.63, 3.8) is 0 Å². The molecule has 0 radical (unpaired) electrons. The van der Waals surface area contributed by atoms with Gasteiger partial charge in [0.15, 0.2) is 0 Å². The van der Waals surface area contributed by atoms with Gasteiger partial charge in [-0.1, -0.05) is 0 Å². The maximum atomic E-state index is 4.60. The van der Waals surface area contributed by atoms with Gasteiger partial charge in [-0.2, -0.15) is 0 Å². The lowest BCUT2D eigenvalue weighted by molar-refractivity contribution is 0.297. The van der Waals surface area contributed by atoms with E-state index in [9.17, 15) is 0 Å². The van der Waals surface area contributed by atoms with E-state index in [0.29, 0.717) is 6.04 Å². The van der Waals surface area contributed by atoms with Crippen LogP contribution in [0.25, 0.3) is 0 Å². The van der Waals surface area contributed by atoms with Crippen molar-refractivity contribution in [3.05, 3.63) is 34.7 Å². The molecule has 1 N–H and O–H groups in total. The van der Waals surface area contributed by atoms with Crippen molar-refractivity contribution in [1.82, 2.24) is 19.9 Å². The summed E-state index contributed by atoms with van der Waals surface area (Å²) >= 11 is 1.75. The Balaban J connectivity index is 1.38. The third kappa shape index (κ3) is 2.85. The second-order valence-corrected chi connectivity index (χ2v) is 7.46. The van der Waals surface area contributed by atoms with Gasteiger partial charge in [-0.05, 0) is 31.6 Å². The molecule has 2 fully saturated rings. The lowest BCUT2D eigenvalue weighted by Crippen LogP contribution is -2.30. The summed E-state index contributed by atoms with van der Waals surface area (Å²) < 4.78 is 0. The molecule has 6 heteroatoms. The molecule has 1 aliphatic carbocycles. The van der Waals surface area contributed by atoms with Crippen LogP contribution >= 0.6 is 11.3 Å². The Bertz CT molecular complexity index is 628. The first-order chi connectivity index (χ1) is 10.8. The summed E-state index contributed by atoms with van der Waals surface area (Å²) in [6.45, 7) is 5.45. The number of aromatic nitrogens is 3. The van der Waals surface area contributed by atoms with Crippen LogP contribution in [0.3, 0.4) is 0 Å². The number of fused-ring (bicyclic) bond motifs is 1. The van der Waals surface area contributed by atoms with Crippen molar-refractivity contribution >= 4 is 17.2 Å². The number of thiazole rings is 1. The standard InChI is InChI=1S/C16H21N5S/c1-11-19-13(10-22-11)8-21-7-12-2-3-15(14(12)9-21)20-16-6-17-4-5-18-16/h4-6,10,12,14-15H,2-3,7-9H2,1H3,(H,18,20)/t12-,14+,15-/m1/s1. The lowest BCUT2D eigenvalue weighted by atomic mass is 9.98. The van der Waals surface area contributed by atoms with Crippen LogP contribution in [0.15, 0.2) is 24.0 Å². The molecule has 1 saturated heterocycles. The molecular weight excluding hydrogens is 294 g/mol. The van der Waals surface area contributed by atoms with E-state index in [2.05, 4.69) is 37.5 Å². The molecule has 3 heterocycles. The number of aryl methyl sites for hydroxylation is 1. The highest BCUT2D eigenvalue weighted by molar-refractivity contribution is 7.09. The van der Waals surface area contributed by atoms with Gasteiger partial charge in [-0.25, -0.2) is 9.97 Å². The molecule has 4 rings (SSSR count). The number of nitrogens with one attached hydrogen (secondary N) is 1. The molecule has 2 aromatic heterocycles. The molecule has 2 aliphatic rings. The minimum atomic E-state index is 0.531.